The molecule has 3 aromatic rings. The summed E-state index contributed by atoms with van der Waals surface area (Å²) in [5, 5.41) is 15.1. The summed E-state index contributed by atoms with van der Waals surface area (Å²) in [6.07, 6.45) is 1.37. The average molecular weight is 337 g/mol. The average Bonchev–Trinajstić information content (AvgIpc) is 2.62. The van der Waals surface area contributed by atoms with Crippen LogP contribution in [0.15, 0.2) is 53.6 Å². The van der Waals surface area contributed by atoms with Gasteiger partial charge >= 0.3 is 0 Å². The molecule has 0 spiro atoms. The van der Waals surface area contributed by atoms with E-state index in [0.717, 1.165) is 0 Å². The van der Waals surface area contributed by atoms with E-state index >= 15 is 0 Å². The summed E-state index contributed by atoms with van der Waals surface area (Å²) >= 11 is 0. The highest BCUT2D eigenvalue weighted by Gasteiger charge is 2.11. The zero-order valence-electron chi connectivity index (χ0n) is 13.4. The van der Waals surface area contributed by atoms with Crippen LogP contribution in [-0.2, 0) is 0 Å². The molecule has 0 aliphatic rings. The van der Waals surface area contributed by atoms with E-state index in [9.17, 15) is 10.1 Å². The van der Waals surface area contributed by atoms with Crippen LogP contribution in [0.1, 0.15) is 12.5 Å². The highest BCUT2D eigenvalue weighted by molar-refractivity contribution is 5.86. The van der Waals surface area contributed by atoms with Gasteiger partial charge in [-0.2, -0.15) is 5.10 Å². The van der Waals surface area contributed by atoms with Gasteiger partial charge in [-0.3, -0.25) is 15.5 Å². The molecule has 0 radical (unpaired) electrons. The molecule has 8 nitrogen and oxygen atoms in total. The number of fused-ring (bicyclic) bond motifs is 1. The minimum atomic E-state index is -0.456. The molecule has 0 saturated carbocycles. The highest BCUT2D eigenvalue weighted by Crippen LogP contribution is 2.23. The van der Waals surface area contributed by atoms with Crippen LogP contribution >= 0.6 is 0 Å². The molecule has 2 aromatic carbocycles. The Morgan fingerprint density at radius 3 is 2.56 bits per heavy atom. The van der Waals surface area contributed by atoms with Gasteiger partial charge < -0.3 is 4.74 Å². The summed E-state index contributed by atoms with van der Waals surface area (Å²) in [6.45, 7) is 2.27. The van der Waals surface area contributed by atoms with Crippen LogP contribution in [0.2, 0.25) is 0 Å². The van der Waals surface area contributed by atoms with Gasteiger partial charge in [0, 0.05) is 6.07 Å². The van der Waals surface area contributed by atoms with Crippen molar-refractivity contribution in [1.29, 1.82) is 0 Å². The molecule has 3 rings (SSSR count). The number of ether oxygens (including phenoxy) is 1. The Balaban J connectivity index is 1.90. The molecule has 126 valence electrons. The summed E-state index contributed by atoms with van der Waals surface area (Å²) in [7, 11) is 0. The van der Waals surface area contributed by atoms with Crippen molar-refractivity contribution in [2.75, 3.05) is 12.0 Å². The van der Waals surface area contributed by atoms with Gasteiger partial charge in [0.25, 0.3) is 11.6 Å². The zero-order valence-corrected chi connectivity index (χ0v) is 13.4. The Hall–Kier alpha value is -3.55. The standard InChI is InChI=1S/C17H15N5O3/c1-2-25-17-16(19-13-8-4-5-9-14(13)20-17)21-18-11-12-7-3-6-10-15(12)22(23)24/h3-11H,2H2,1H3,(H,19,21). The monoisotopic (exact) mass is 337 g/mol. The molecule has 0 unspecified atom stereocenters. The van der Waals surface area contributed by atoms with Crippen molar-refractivity contribution in [2.24, 2.45) is 5.10 Å². The lowest BCUT2D eigenvalue weighted by Gasteiger charge is -2.08. The second-order valence-corrected chi connectivity index (χ2v) is 4.99. The number of rotatable bonds is 6. The second kappa shape index (κ2) is 7.35. The van der Waals surface area contributed by atoms with Crippen molar-refractivity contribution in [2.45, 2.75) is 6.92 Å². The lowest BCUT2D eigenvalue weighted by molar-refractivity contribution is -0.385. The molecule has 0 saturated heterocycles. The summed E-state index contributed by atoms with van der Waals surface area (Å²) in [6, 6.07) is 13.7. The van der Waals surface area contributed by atoms with Crippen LogP contribution in [0.3, 0.4) is 0 Å². The van der Waals surface area contributed by atoms with Gasteiger partial charge in [0.05, 0.1) is 34.3 Å². The Kier molecular flexibility index (Phi) is 4.79. The molecule has 1 heterocycles. The van der Waals surface area contributed by atoms with Gasteiger partial charge in [0.1, 0.15) is 0 Å². The number of aromatic nitrogens is 2. The van der Waals surface area contributed by atoms with E-state index in [-0.39, 0.29) is 5.69 Å². The second-order valence-electron chi connectivity index (χ2n) is 4.99. The molecule has 8 heteroatoms. The first-order valence-corrected chi connectivity index (χ1v) is 7.61. The van der Waals surface area contributed by atoms with E-state index < -0.39 is 4.92 Å². The Morgan fingerprint density at radius 1 is 1.16 bits per heavy atom. The van der Waals surface area contributed by atoms with E-state index in [1.165, 1.54) is 12.3 Å². The quantitative estimate of drug-likeness (QED) is 0.420. The Morgan fingerprint density at radius 2 is 1.84 bits per heavy atom. The maximum Gasteiger partial charge on any atom is 0.278 e. The lowest BCUT2D eigenvalue weighted by Crippen LogP contribution is -2.03. The molecular formula is C17H15N5O3. The molecule has 1 N–H and O–H groups in total. The highest BCUT2D eigenvalue weighted by atomic mass is 16.6. The molecule has 25 heavy (non-hydrogen) atoms. The normalized spacial score (nSPS) is 10.9. The maximum absolute atomic E-state index is 11.0. The number of hydrogen-bond donors (Lipinski definition) is 1. The number of hydrazone groups is 1. The Labute approximate surface area is 143 Å². The first-order chi connectivity index (χ1) is 12.2. The van der Waals surface area contributed by atoms with E-state index in [0.29, 0.717) is 34.9 Å². The van der Waals surface area contributed by atoms with Gasteiger partial charge in [-0.1, -0.05) is 24.3 Å². The predicted molar refractivity (Wildman–Crippen MR) is 95.0 cm³/mol. The third-order valence-electron chi connectivity index (χ3n) is 3.33. The number of nitrogens with one attached hydrogen (secondary N) is 1. The predicted octanol–water partition coefficient (Wildman–Crippen LogP) is 3.38. The zero-order chi connectivity index (χ0) is 17.6. The summed E-state index contributed by atoms with van der Waals surface area (Å²) in [5.74, 6) is 0.663. The fourth-order valence-corrected chi connectivity index (χ4v) is 2.22. The van der Waals surface area contributed by atoms with Crippen molar-refractivity contribution in [1.82, 2.24) is 9.97 Å². The van der Waals surface area contributed by atoms with Gasteiger partial charge in [0.2, 0.25) is 5.82 Å². The van der Waals surface area contributed by atoms with Crippen molar-refractivity contribution >= 4 is 28.8 Å². The van der Waals surface area contributed by atoms with Crippen LogP contribution in [0.5, 0.6) is 5.88 Å². The fourth-order valence-electron chi connectivity index (χ4n) is 2.22. The summed E-state index contributed by atoms with van der Waals surface area (Å²) in [4.78, 5) is 19.4. The van der Waals surface area contributed by atoms with Crippen molar-refractivity contribution in [3.8, 4) is 5.88 Å². The molecule has 0 atom stereocenters. The molecule has 0 aliphatic carbocycles. The molecule has 0 bridgehead atoms. The van der Waals surface area contributed by atoms with Crippen LogP contribution in [0, 0.1) is 10.1 Å². The topological polar surface area (TPSA) is 103 Å². The fraction of sp³-hybridized carbons (Fsp3) is 0.118. The lowest BCUT2D eigenvalue weighted by atomic mass is 10.2. The molecular weight excluding hydrogens is 322 g/mol. The van der Waals surface area contributed by atoms with Gasteiger partial charge in [0.15, 0.2) is 0 Å². The number of anilines is 1. The number of nitro benzene ring substituents is 1. The number of nitro groups is 1. The number of para-hydroxylation sites is 3. The first-order valence-electron chi connectivity index (χ1n) is 7.61. The first kappa shape index (κ1) is 16.3. The van der Waals surface area contributed by atoms with E-state index in [4.69, 9.17) is 4.74 Å². The van der Waals surface area contributed by atoms with E-state index in [2.05, 4.69) is 20.5 Å². The van der Waals surface area contributed by atoms with Crippen molar-refractivity contribution in [3.63, 3.8) is 0 Å². The minimum absolute atomic E-state index is 0.0253. The van der Waals surface area contributed by atoms with Crippen molar-refractivity contribution < 1.29 is 9.66 Å². The van der Waals surface area contributed by atoms with E-state index in [1.807, 2.05) is 31.2 Å². The van der Waals surface area contributed by atoms with Crippen molar-refractivity contribution in [3.05, 3.63) is 64.2 Å². The van der Waals surface area contributed by atoms with Crippen LogP contribution < -0.4 is 10.2 Å². The molecule has 0 amide bonds. The number of hydrogen-bond acceptors (Lipinski definition) is 7. The molecule has 0 aliphatic heterocycles. The summed E-state index contributed by atoms with van der Waals surface area (Å²) < 4.78 is 5.49. The largest absolute Gasteiger partial charge is 0.475 e. The molecule has 0 fully saturated rings. The van der Waals surface area contributed by atoms with Crippen LogP contribution in [0.4, 0.5) is 11.5 Å². The number of nitrogens with zero attached hydrogens (tertiary/aromatic N) is 4. The number of benzene rings is 2. The van der Waals surface area contributed by atoms with Gasteiger partial charge in [-0.25, -0.2) is 9.97 Å². The minimum Gasteiger partial charge on any atom is -0.475 e. The third kappa shape index (κ3) is 3.69. The Bertz CT molecular complexity index is 942. The van der Waals surface area contributed by atoms with Gasteiger partial charge in [-0.15, -0.1) is 0 Å². The SMILES string of the molecule is CCOc1nc2ccccc2nc1NN=Cc1ccccc1[N+](=O)[O-]. The molecule has 1 aromatic heterocycles. The van der Waals surface area contributed by atoms with Crippen LogP contribution in [-0.4, -0.2) is 27.7 Å². The smallest absolute Gasteiger partial charge is 0.278 e. The van der Waals surface area contributed by atoms with Gasteiger partial charge in [-0.05, 0) is 25.1 Å². The maximum atomic E-state index is 11.0. The third-order valence-corrected chi connectivity index (χ3v) is 3.33. The van der Waals surface area contributed by atoms with E-state index in [1.54, 1.807) is 18.2 Å². The summed E-state index contributed by atoms with van der Waals surface area (Å²) in [5.41, 5.74) is 4.51. The van der Waals surface area contributed by atoms with Crippen LogP contribution in [0.25, 0.3) is 11.0 Å².